The molecule has 0 aliphatic carbocycles. The quantitative estimate of drug-likeness (QED) is 0.302. The van der Waals surface area contributed by atoms with Gasteiger partial charge in [-0.15, -0.1) is 10.2 Å². The standard InChI is InChI=1S/C24H26Cl3N5O2S/c1-13(2)9-20(29-23(34)17-8-7-15(25)10-18(17)27)22-30-31-24(32(22)4)35-12-21(33)28-19-11-16(26)6-5-14(19)3/h5-8,10-11,13,20H,9,12H2,1-4H3,(H,28,33)(H,29,34)/t20-/m0/s1. The lowest BCUT2D eigenvalue weighted by Gasteiger charge is -2.20. The summed E-state index contributed by atoms with van der Waals surface area (Å²) in [7, 11) is 1.81. The minimum absolute atomic E-state index is 0.138. The first kappa shape index (κ1) is 27.3. The van der Waals surface area contributed by atoms with Crippen LogP contribution in [-0.4, -0.2) is 32.3 Å². The summed E-state index contributed by atoms with van der Waals surface area (Å²) in [5.74, 6) is 0.492. The minimum Gasteiger partial charge on any atom is -0.342 e. The maximum atomic E-state index is 12.9. The first-order valence-electron chi connectivity index (χ1n) is 10.9. The third-order valence-corrected chi connectivity index (χ3v) is 6.98. The summed E-state index contributed by atoms with van der Waals surface area (Å²) in [5.41, 5.74) is 1.92. The molecule has 3 rings (SSSR count). The van der Waals surface area contributed by atoms with E-state index in [0.717, 1.165) is 5.56 Å². The highest BCUT2D eigenvalue weighted by Crippen LogP contribution is 2.27. The van der Waals surface area contributed by atoms with Gasteiger partial charge < -0.3 is 15.2 Å². The van der Waals surface area contributed by atoms with Gasteiger partial charge in [-0.2, -0.15) is 0 Å². The predicted molar refractivity (Wildman–Crippen MR) is 143 cm³/mol. The summed E-state index contributed by atoms with van der Waals surface area (Å²) in [6, 6.07) is 9.67. The molecule has 1 aromatic heterocycles. The molecule has 2 N–H and O–H groups in total. The zero-order chi connectivity index (χ0) is 25.7. The molecule has 1 atom stereocenters. The molecule has 1 heterocycles. The number of carbonyl (C=O) groups excluding carboxylic acids is 2. The summed E-state index contributed by atoms with van der Waals surface area (Å²) in [6.07, 6.45) is 0.641. The molecule has 0 saturated carbocycles. The Kier molecular flexibility index (Phi) is 9.47. The Hall–Kier alpha value is -2.26. The Labute approximate surface area is 223 Å². The number of nitrogens with one attached hydrogen (secondary N) is 2. The lowest BCUT2D eigenvalue weighted by Crippen LogP contribution is -2.31. The van der Waals surface area contributed by atoms with Crippen LogP contribution in [0.3, 0.4) is 0 Å². The van der Waals surface area contributed by atoms with Gasteiger partial charge >= 0.3 is 0 Å². The Balaban J connectivity index is 1.71. The first-order chi connectivity index (χ1) is 16.5. The van der Waals surface area contributed by atoms with Crippen molar-refractivity contribution in [2.75, 3.05) is 11.1 Å². The molecule has 0 aliphatic heterocycles. The van der Waals surface area contributed by atoms with Gasteiger partial charge in [0.25, 0.3) is 5.91 Å². The van der Waals surface area contributed by atoms with E-state index >= 15 is 0 Å². The van der Waals surface area contributed by atoms with Crippen molar-refractivity contribution in [3.8, 4) is 0 Å². The van der Waals surface area contributed by atoms with Crippen LogP contribution in [0.5, 0.6) is 0 Å². The number of amides is 2. The van der Waals surface area contributed by atoms with Crippen LogP contribution >= 0.6 is 46.6 Å². The van der Waals surface area contributed by atoms with Gasteiger partial charge in [-0.25, -0.2) is 0 Å². The van der Waals surface area contributed by atoms with E-state index < -0.39 is 6.04 Å². The highest BCUT2D eigenvalue weighted by Gasteiger charge is 2.24. The normalized spacial score (nSPS) is 12.0. The lowest BCUT2D eigenvalue weighted by atomic mass is 10.0. The zero-order valence-electron chi connectivity index (χ0n) is 19.7. The fourth-order valence-electron chi connectivity index (χ4n) is 3.41. The number of hydrogen-bond acceptors (Lipinski definition) is 5. The summed E-state index contributed by atoms with van der Waals surface area (Å²) < 4.78 is 1.79. The molecule has 7 nitrogen and oxygen atoms in total. The molecule has 3 aromatic rings. The van der Waals surface area contributed by atoms with E-state index in [1.54, 1.807) is 28.8 Å². The molecule has 11 heteroatoms. The van der Waals surface area contributed by atoms with Gasteiger partial charge in [0.15, 0.2) is 11.0 Å². The fraction of sp³-hybridized carbons (Fsp3) is 0.333. The molecular weight excluding hydrogens is 529 g/mol. The summed E-state index contributed by atoms with van der Waals surface area (Å²) >= 11 is 19.5. The third kappa shape index (κ3) is 7.36. The second-order valence-electron chi connectivity index (χ2n) is 8.48. The zero-order valence-corrected chi connectivity index (χ0v) is 22.8. The van der Waals surface area contributed by atoms with E-state index in [1.807, 2.05) is 20.0 Å². The molecule has 2 aromatic carbocycles. The molecule has 0 unspecified atom stereocenters. The second kappa shape index (κ2) is 12.1. The van der Waals surface area contributed by atoms with E-state index in [4.69, 9.17) is 34.8 Å². The molecule has 0 fully saturated rings. The summed E-state index contributed by atoms with van der Waals surface area (Å²) in [6.45, 7) is 6.01. The van der Waals surface area contributed by atoms with Crippen LogP contribution in [0.2, 0.25) is 15.1 Å². The molecule has 2 amide bonds. The Morgan fingerprint density at radius 2 is 1.74 bits per heavy atom. The number of aryl methyl sites for hydroxylation is 1. The Morgan fingerprint density at radius 3 is 2.43 bits per heavy atom. The van der Waals surface area contributed by atoms with Gasteiger partial charge in [0.05, 0.1) is 22.4 Å². The van der Waals surface area contributed by atoms with Gasteiger partial charge in [0.1, 0.15) is 0 Å². The van der Waals surface area contributed by atoms with Crippen molar-refractivity contribution in [2.24, 2.45) is 13.0 Å². The number of thioether (sulfide) groups is 1. The van der Waals surface area contributed by atoms with Crippen LogP contribution in [0.25, 0.3) is 0 Å². The van der Waals surface area contributed by atoms with E-state index in [2.05, 4.69) is 34.7 Å². The maximum absolute atomic E-state index is 12.9. The molecule has 0 bridgehead atoms. The number of hydrogen-bond donors (Lipinski definition) is 2. The summed E-state index contributed by atoms with van der Waals surface area (Å²) in [5, 5.41) is 16.3. The van der Waals surface area contributed by atoms with Gasteiger partial charge in [-0.05, 0) is 55.2 Å². The topological polar surface area (TPSA) is 88.9 Å². The molecule has 0 radical (unpaired) electrons. The number of rotatable bonds is 9. The van der Waals surface area contributed by atoms with E-state index in [1.165, 1.54) is 17.8 Å². The van der Waals surface area contributed by atoms with Crippen LogP contribution in [0.4, 0.5) is 5.69 Å². The smallest absolute Gasteiger partial charge is 0.253 e. The SMILES string of the molecule is Cc1ccc(Cl)cc1NC(=O)CSc1nnc([C@H](CC(C)C)NC(=O)c2ccc(Cl)cc2Cl)n1C. The van der Waals surface area contributed by atoms with Crippen molar-refractivity contribution in [2.45, 2.75) is 38.4 Å². The van der Waals surface area contributed by atoms with E-state index in [0.29, 0.717) is 38.7 Å². The average Bonchev–Trinajstić information content (AvgIpc) is 3.14. The van der Waals surface area contributed by atoms with Gasteiger partial charge in [0.2, 0.25) is 5.91 Å². The van der Waals surface area contributed by atoms with Gasteiger partial charge in [0, 0.05) is 22.8 Å². The number of anilines is 1. The van der Waals surface area contributed by atoms with Crippen LogP contribution in [0, 0.1) is 12.8 Å². The molecule has 186 valence electrons. The van der Waals surface area contributed by atoms with Crippen molar-refractivity contribution in [1.82, 2.24) is 20.1 Å². The highest BCUT2D eigenvalue weighted by molar-refractivity contribution is 7.99. The number of halogens is 3. The summed E-state index contributed by atoms with van der Waals surface area (Å²) in [4.78, 5) is 25.4. The predicted octanol–water partition coefficient (Wildman–Crippen LogP) is 6.33. The number of aromatic nitrogens is 3. The van der Waals surface area contributed by atoms with Crippen LogP contribution in [0.15, 0.2) is 41.6 Å². The lowest BCUT2D eigenvalue weighted by molar-refractivity contribution is -0.113. The largest absolute Gasteiger partial charge is 0.342 e. The highest BCUT2D eigenvalue weighted by atomic mass is 35.5. The van der Waals surface area contributed by atoms with Gasteiger partial charge in [-0.3, -0.25) is 9.59 Å². The monoisotopic (exact) mass is 553 g/mol. The Bertz CT molecular complexity index is 1230. The second-order valence-corrected chi connectivity index (χ2v) is 10.7. The molecule has 0 saturated heterocycles. The molecule has 0 spiro atoms. The fourth-order valence-corrected chi connectivity index (χ4v) is 4.80. The first-order valence-corrected chi connectivity index (χ1v) is 13.0. The van der Waals surface area contributed by atoms with Gasteiger partial charge in [-0.1, -0.05) is 66.5 Å². The van der Waals surface area contributed by atoms with Crippen molar-refractivity contribution in [3.05, 3.63) is 68.4 Å². The molecular formula is C24H26Cl3N5O2S. The van der Waals surface area contributed by atoms with Crippen molar-refractivity contribution in [1.29, 1.82) is 0 Å². The maximum Gasteiger partial charge on any atom is 0.253 e. The van der Waals surface area contributed by atoms with Crippen LogP contribution in [-0.2, 0) is 11.8 Å². The van der Waals surface area contributed by atoms with E-state index in [9.17, 15) is 9.59 Å². The molecule has 0 aliphatic rings. The van der Waals surface area contributed by atoms with Crippen LogP contribution in [0.1, 0.15) is 48.1 Å². The third-order valence-electron chi connectivity index (χ3n) is 5.17. The van der Waals surface area contributed by atoms with Crippen LogP contribution < -0.4 is 10.6 Å². The van der Waals surface area contributed by atoms with Crippen molar-refractivity contribution < 1.29 is 9.59 Å². The van der Waals surface area contributed by atoms with E-state index in [-0.39, 0.29) is 28.5 Å². The number of carbonyl (C=O) groups is 2. The number of benzene rings is 2. The van der Waals surface area contributed by atoms with Crippen molar-refractivity contribution >= 4 is 64.1 Å². The Morgan fingerprint density at radius 1 is 1.06 bits per heavy atom. The minimum atomic E-state index is -0.399. The number of nitrogens with zero attached hydrogens (tertiary/aromatic N) is 3. The molecule has 35 heavy (non-hydrogen) atoms. The van der Waals surface area contributed by atoms with Crippen molar-refractivity contribution in [3.63, 3.8) is 0 Å². The average molecular weight is 555 g/mol.